The van der Waals surface area contributed by atoms with E-state index in [9.17, 15) is 4.79 Å². The van der Waals surface area contributed by atoms with Crippen LogP contribution in [0.3, 0.4) is 0 Å². The Labute approximate surface area is 89.8 Å². The van der Waals surface area contributed by atoms with E-state index >= 15 is 0 Å². The number of amides is 1. The van der Waals surface area contributed by atoms with Gasteiger partial charge in [0, 0.05) is 5.92 Å². The molecule has 0 radical (unpaired) electrons. The molecule has 1 fully saturated rings. The van der Waals surface area contributed by atoms with Crippen molar-refractivity contribution in [3.8, 4) is 0 Å². The molecule has 3 nitrogen and oxygen atoms in total. The summed E-state index contributed by atoms with van der Waals surface area (Å²) in [6, 6.07) is 9.39. The molecule has 2 rings (SSSR count). The lowest BCUT2D eigenvalue weighted by molar-refractivity contribution is -0.122. The summed E-state index contributed by atoms with van der Waals surface area (Å²) in [5.41, 5.74) is 0.773. The third kappa shape index (κ3) is 2.18. The van der Waals surface area contributed by atoms with Crippen LogP contribution in [-0.2, 0) is 4.79 Å². The molecule has 0 aromatic heterocycles. The van der Waals surface area contributed by atoms with Gasteiger partial charge < -0.3 is 0 Å². The number of carbonyl (C=O) groups excluding carboxylic acids is 1. The third-order valence-electron chi connectivity index (χ3n) is 2.98. The average Bonchev–Trinajstić information content (AvgIpc) is 2.82. The number of nitrogens with two attached hydrogens (primary N) is 1. The van der Waals surface area contributed by atoms with E-state index in [4.69, 9.17) is 5.84 Å². The van der Waals surface area contributed by atoms with E-state index in [-0.39, 0.29) is 11.8 Å². The molecule has 1 aromatic rings. The molecule has 2 N–H and O–H groups in total. The van der Waals surface area contributed by atoms with Crippen molar-refractivity contribution in [2.24, 2.45) is 11.8 Å². The summed E-state index contributed by atoms with van der Waals surface area (Å²) in [7, 11) is 0. The van der Waals surface area contributed by atoms with Crippen LogP contribution in [0.5, 0.6) is 0 Å². The van der Waals surface area contributed by atoms with Gasteiger partial charge in [0.2, 0.25) is 5.91 Å². The van der Waals surface area contributed by atoms with E-state index in [1.54, 1.807) is 0 Å². The van der Waals surface area contributed by atoms with Crippen molar-refractivity contribution in [3.63, 3.8) is 0 Å². The normalized spacial score (nSPS) is 16.6. The summed E-state index contributed by atoms with van der Waals surface area (Å²) in [4.78, 5) is 11.9. The molecule has 0 bridgehead atoms. The maximum atomic E-state index is 11.9. The molecule has 0 unspecified atom stereocenters. The predicted octanol–water partition coefficient (Wildman–Crippen LogP) is 2.08. The van der Waals surface area contributed by atoms with Crippen LogP contribution < -0.4 is 10.9 Å². The summed E-state index contributed by atoms with van der Waals surface area (Å²) >= 11 is 0. The first-order chi connectivity index (χ1) is 7.29. The summed E-state index contributed by atoms with van der Waals surface area (Å²) in [5, 5.41) is 1.29. The van der Waals surface area contributed by atoms with Crippen LogP contribution >= 0.6 is 0 Å². The first kappa shape index (κ1) is 10.2. The van der Waals surface area contributed by atoms with Gasteiger partial charge in [-0.3, -0.25) is 4.79 Å². The third-order valence-corrected chi connectivity index (χ3v) is 2.98. The first-order valence-electron chi connectivity index (χ1n) is 5.43. The smallest absolute Gasteiger partial charge is 0.244 e. The van der Waals surface area contributed by atoms with E-state index < -0.39 is 0 Å². The number of rotatable bonds is 2. The van der Waals surface area contributed by atoms with Crippen LogP contribution in [-0.4, -0.2) is 5.91 Å². The summed E-state index contributed by atoms with van der Waals surface area (Å²) in [6.45, 7) is 0. The quantitative estimate of drug-likeness (QED) is 0.455. The molecule has 1 aliphatic carbocycles. The van der Waals surface area contributed by atoms with E-state index in [0.717, 1.165) is 31.4 Å². The molecule has 15 heavy (non-hydrogen) atoms. The zero-order valence-electron chi connectivity index (χ0n) is 8.73. The van der Waals surface area contributed by atoms with Crippen molar-refractivity contribution in [2.45, 2.75) is 25.7 Å². The number of anilines is 1. The van der Waals surface area contributed by atoms with Crippen LogP contribution in [0.1, 0.15) is 25.7 Å². The molecule has 0 spiro atoms. The van der Waals surface area contributed by atoms with Crippen molar-refractivity contribution in [1.82, 2.24) is 0 Å². The topological polar surface area (TPSA) is 46.3 Å². The van der Waals surface area contributed by atoms with Gasteiger partial charge in [-0.2, -0.15) is 0 Å². The zero-order valence-corrected chi connectivity index (χ0v) is 8.73. The van der Waals surface area contributed by atoms with E-state index in [0.29, 0.717) is 0 Å². The number of hydrogen-bond acceptors (Lipinski definition) is 2. The highest BCUT2D eigenvalue weighted by Gasteiger charge is 2.26. The fourth-order valence-corrected chi connectivity index (χ4v) is 2.09. The highest BCUT2D eigenvalue weighted by Crippen LogP contribution is 2.27. The highest BCUT2D eigenvalue weighted by molar-refractivity contribution is 5.93. The lowest BCUT2D eigenvalue weighted by Gasteiger charge is -2.20. The molecule has 0 heterocycles. The molecular formula is C12H16N2O. The van der Waals surface area contributed by atoms with Gasteiger partial charge >= 0.3 is 0 Å². The largest absolute Gasteiger partial charge is 0.273 e. The van der Waals surface area contributed by atoms with Crippen LogP contribution in [0, 0.1) is 5.92 Å². The SMILES string of the molecule is NN(C(=O)C1CCCC1)c1ccccc1. The van der Waals surface area contributed by atoms with Crippen molar-refractivity contribution in [1.29, 1.82) is 0 Å². The summed E-state index contributed by atoms with van der Waals surface area (Å²) < 4.78 is 0. The minimum Gasteiger partial charge on any atom is -0.273 e. The highest BCUT2D eigenvalue weighted by atomic mass is 16.2. The van der Waals surface area contributed by atoms with Crippen LogP contribution in [0.4, 0.5) is 5.69 Å². The van der Waals surface area contributed by atoms with Gasteiger partial charge in [0.25, 0.3) is 0 Å². The molecule has 1 aliphatic rings. The molecule has 0 aliphatic heterocycles. The Bertz CT molecular complexity index is 331. The van der Waals surface area contributed by atoms with Gasteiger partial charge in [0.15, 0.2) is 0 Å². The second-order valence-electron chi connectivity index (χ2n) is 4.03. The molecule has 3 heteroatoms. The minimum absolute atomic E-state index is 0.0544. The fraction of sp³-hybridized carbons (Fsp3) is 0.417. The van der Waals surface area contributed by atoms with Gasteiger partial charge in [-0.15, -0.1) is 0 Å². The molecule has 1 amide bonds. The number of benzene rings is 1. The maximum absolute atomic E-state index is 11.9. The van der Waals surface area contributed by atoms with Gasteiger partial charge in [0.1, 0.15) is 0 Å². The predicted molar refractivity (Wildman–Crippen MR) is 60.1 cm³/mol. The Morgan fingerprint density at radius 2 is 1.80 bits per heavy atom. The van der Waals surface area contributed by atoms with Gasteiger partial charge in [-0.05, 0) is 25.0 Å². The zero-order chi connectivity index (χ0) is 10.7. The number of nitrogens with zero attached hydrogens (tertiary/aromatic N) is 1. The first-order valence-corrected chi connectivity index (χ1v) is 5.43. The van der Waals surface area contributed by atoms with Crippen molar-refractivity contribution >= 4 is 11.6 Å². The summed E-state index contributed by atoms with van der Waals surface area (Å²) in [5.74, 6) is 5.99. The van der Waals surface area contributed by atoms with Crippen molar-refractivity contribution < 1.29 is 4.79 Å². The standard InChI is InChI=1S/C12H16N2O/c13-14(11-8-2-1-3-9-11)12(15)10-6-4-5-7-10/h1-3,8-10H,4-7,13H2. The van der Waals surface area contributed by atoms with E-state index in [1.165, 1.54) is 5.01 Å². The number of hydrazine groups is 1. The van der Waals surface area contributed by atoms with Crippen molar-refractivity contribution in [3.05, 3.63) is 30.3 Å². The van der Waals surface area contributed by atoms with Crippen LogP contribution in [0.25, 0.3) is 0 Å². The Hall–Kier alpha value is -1.35. The van der Waals surface area contributed by atoms with Crippen LogP contribution in [0.15, 0.2) is 30.3 Å². The Morgan fingerprint density at radius 3 is 2.40 bits per heavy atom. The second-order valence-corrected chi connectivity index (χ2v) is 4.03. The second kappa shape index (κ2) is 4.45. The average molecular weight is 204 g/mol. The summed E-state index contributed by atoms with van der Waals surface area (Å²) in [6.07, 6.45) is 4.27. The Kier molecular flexibility index (Phi) is 3.02. The van der Waals surface area contributed by atoms with E-state index in [1.807, 2.05) is 30.3 Å². The van der Waals surface area contributed by atoms with Gasteiger partial charge in [0.05, 0.1) is 5.69 Å². The molecule has 1 saturated carbocycles. The number of carbonyl (C=O) groups is 1. The van der Waals surface area contributed by atoms with Gasteiger partial charge in [-0.1, -0.05) is 31.0 Å². The Balaban J connectivity index is 2.07. The fourth-order valence-electron chi connectivity index (χ4n) is 2.09. The minimum atomic E-state index is 0.0544. The molecule has 1 aromatic carbocycles. The lowest BCUT2D eigenvalue weighted by Crippen LogP contribution is -2.41. The van der Waals surface area contributed by atoms with E-state index in [2.05, 4.69) is 0 Å². The lowest BCUT2D eigenvalue weighted by atomic mass is 10.1. The van der Waals surface area contributed by atoms with Crippen molar-refractivity contribution in [2.75, 3.05) is 5.01 Å². The van der Waals surface area contributed by atoms with Gasteiger partial charge in [-0.25, -0.2) is 10.9 Å². The number of hydrogen-bond donors (Lipinski definition) is 1. The van der Waals surface area contributed by atoms with Crippen LogP contribution in [0.2, 0.25) is 0 Å². The maximum Gasteiger partial charge on any atom is 0.244 e. The molecule has 80 valence electrons. The molecular weight excluding hydrogens is 188 g/mol. The molecule has 0 saturated heterocycles. The monoisotopic (exact) mass is 204 g/mol. The number of para-hydroxylation sites is 1. The molecule has 0 atom stereocenters. The Morgan fingerprint density at radius 1 is 1.20 bits per heavy atom.